The van der Waals surface area contributed by atoms with Crippen LogP contribution in [0.4, 0.5) is 0 Å². The summed E-state index contributed by atoms with van der Waals surface area (Å²) in [6.45, 7) is 2.89. The number of aromatic nitrogens is 3. The van der Waals surface area contributed by atoms with E-state index in [9.17, 15) is 4.79 Å². The number of piperidine rings is 1. The Labute approximate surface area is 158 Å². The highest BCUT2D eigenvalue weighted by molar-refractivity contribution is 6.30. The van der Waals surface area contributed by atoms with Crippen LogP contribution in [0.15, 0.2) is 30.5 Å². The molecule has 138 valence electrons. The number of benzene rings is 1. The van der Waals surface area contributed by atoms with Crippen molar-refractivity contribution in [3.05, 3.63) is 46.7 Å². The minimum absolute atomic E-state index is 0.160. The molecule has 2 N–H and O–H groups in total. The zero-order chi connectivity index (χ0) is 18.0. The van der Waals surface area contributed by atoms with Gasteiger partial charge in [-0.3, -0.25) is 9.48 Å². The first-order chi connectivity index (χ1) is 12.6. The Morgan fingerprint density at radius 2 is 2.12 bits per heavy atom. The van der Waals surface area contributed by atoms with Crippen molar-refractivity contribution in [3.63, 3.8) is 0 Å². The summed E-state index contributed by atoms with van der Waals surface area (Å²) in [6, 6.07) is 7.73. The number of rotatable bonds is 5. The number of nitrogens with zero attached hydrogens (tertiary/aromatic N) is 3. The van der Waals surface area contributed by atoms with Crippen molar-refractivity contribution >= 4 is 17.5 Å². The van der Waals surface area contributed by atoms with Gasteiger partial charge in [0, 0.05) is 11.6 Å². The normalized spacial score (nSPS) is 21.8. The molecule has 4 rings (SSSR count). The third-order valence-electron chi connectivity index (χ3n) is 5.57. The molecule has 0 bridgehead atoms. The van der Waals surface area contributed by atoms with E-state index in [2.05, 4.69) is 20.9 Å². The Bertz CT molecular complexity index is 762. The molecule has 0 radical (unpaired) electrons. The summed E-state index contributed by atoms with van der Waals surface area (Å²) < 4.78 is 1.79. The largest absolute Gasteiger partial charge is 0.341 e. The molecule has 1 atom stereocenters. The molecule has 1 saturated heterocycles. The van der Waals surface area contributed by atoms with E-state index < -0.39 is 0 Å². The van der Waals surface area contributed by atoms with Gasteiger partial charge in [0.25, 0.3) is 5.91 Å². The Morgan fingerprint density at radius 3 is 2.77 bits per heavy atom. The van der Waals surface area contributed by atoms with Gasteiger partial charge >= 0.3 is 0 Å². The second-order valence-electron chi connectivity index (χ2n) is 7.43. The summed E-state index contributed by atoms with van der Waals surface area (Å²) >= 11 is 5.99. The van der Waals surface area contributed by atoms with E-state index in [0.717, 1.165) is 44.5 Å². The lowest BCUT2D eigenvalue weighted by atomic mass is 9.71. The number of carbonyl (C=O) groups excluding carboxylic acids is 1. The van der Waals surface area contributed by atoms with Crippen LogP contribution in [-0.2, 0) is 12.1 Å². The zero-order valence-corrected chi connectivity index (χ0v) is 15.5. The molecule has 1 unspecified atom stereocenters. The van der Waals surface area contributed by atoms with E-state index >= 15 is 0 Å². The number of hydrogen-bond acceptors (Lipinski definition) is 4. The second kappa shape index (κ2) is 7.37. The minimum atomic E-state index is -0.307. The summed E-state index contributed by atoms with van der Waals surface area (Å²) in [5, 5.41) is 15.5. The van der Waals surface area contributed by atoms with Crippen molar-refractivity contribution in [1.82, 2.24) is 25.6 Å². The molecule has 0 spiro atoms. The van der Waals surface area contributed by atoms with Crippen LogP contribution in [0.25, 0.3) is 0 Å². The van der Waals surface area contributed by atoms with Gasteiger partial charge in [-0.2, -0.15) is 0 Å². The summed E-state index contributed by atoms with van der Waals surface area (Å²) in [4.78, 5) is 12.7. The fourth-order valence-corrected chi connectivity index (χ4v) is 4.03. The molecule has 26 heavy (non-hydrogen) atoms. The third kappa shape index (κ3) is 3.62. The Morgan fingerprint density at radius 1 is 1.31 bits per heavy atom. The topological polar surface area (TPSA) is 71.8 Å². The number of halogens is 1. The molecule has 2 heterocycles. The molecule has 2 aromatic rings. The quantitative estimate of drug-likeness (QED) is 0.845. The molecule has 1 aliphatic carbocycles. The zero-order valence-electron chi connectivity index (χ0n) is 14.7. The van der Waals surface area contributed by atoms with E-state index in [4.69, 9.17) is 11.6 Å². The van der Waals surface area contributed by atoms with Gasteiger partial charge in [0.05, 0.1) is 11.7 Å². The predicted molar refractivity (Wildman–Crippen MR) is 100 cm³/mol. The lowest BCUT2D eigenvalue weighted by Gasteiger charge is -2.43. The van der Waals surface area contributed by atoms with E-state index in [-0.39, 0.29) is 11.4 Å². The molecular formula is C19H24ClN5O. The van der Waals surface area contributed by atoms with Crippen molar-refractivity contribution in [2.45, 2.75) is 44.2 Å². The van der Waals surface area contributed by atoms with Crippen LogP contribution in [0.2, 0.25) is 5.02 Å². The van der Waals surface area contributed by atoms with Crippen molar-refractivity contribution in [1.29, 1.82) is 0 Å². The third-order valence-corrected chi connectivity index (χ3v) is 5.82. The number of hydrogen-bond donors (Lipinski definition) is 2. The highest BCUT2D eigenvalue weighted by atomic mass is 35.5. The number of carbonyl (C=O) groups is 1. The lowest BCUT2D eigenvalue weighted by Crippen LogP contribution is -2.50. The van der Waals surface area contributed by atoms with Gasteiger partial charge in [0.15, 0.2) is 5.69 Å². The van der Waals surface area contributed by atoms with Gasteiger partial charge in [-0.1, -0.05) is 28.9 Å². The van der Waals surface area contributed by atoms with Crippen LogP contribution in [0.5, 0.6) is 0 Å². The summed E-state index contributed by atoms with van der Waals surface area (Å²) in [7, 11) is 0. The Balaban J connectivity index is 1.43. The van der Waals surface area contributed by atoms with E-state index in [1.807, 2.05) is 24.3 Å². The van der Waals surface area contributed by atoms with Gasteiger partial charge in [-0.25, -0.2) is 0 Å². The van der Waals surface area contributed by atoms with Crippen molar-refractivity contribution in [2.24, 2.45) is 5.92 Å². The SMILES string of the molecule is O=C(NC1(c2ccc(Cl)cc2)CCC1)c1cn(CC2CCCNC2)nn1. The monoisotopic (exact) mass is 373 g/mol. The fourth-order valence-electron chi connectivity index (χ4n) is 3.90. The molecule has 1 aromatic heterocycles. The first-order valence-corrected chi connectivity index (χ1v) is 9.72. The van der Waals surface area contributed by atoms with Crippen LogP contribution in [-0.4, -0.2) is 34.0 Å². The van der Waals surface area contributed by atoms with Crippen molar-refractivity contribution in [2.75, 3.05) is 13.1 Å². The molecular weight excluding hydrogens is 350 g/mol. The summed E-state index contributed by atoms with van der Waals surface area (Å²) in [5.74, 6) is 0.390. The fraction of sp³-hybridized carbons (Fsp3) is 0.526. The molecule has 1 aromatic carbocycles. The van der Waals surface area contributed by atoms with Gasteiger partial charge < -0.3 is 10.6 Å². The van der Waals surface area contributed by atoms with E-state index in [1.54, 1.807) is 10.9 Å². The summed E-state index contributed by atoms with van der Waals surface area (Å²) in [6.07, 6.45) is 7.11. The van der Waals surface area contributed by atoms with Gasteiger partial charge in [0.2, 0.25) is 0 Å². The first-order valence-electron chi connectivity index (χ1n) is 9.34. The second-order valence-corrected chi connectivity index (χ2v) is 7.87. The maximum atomic E-state index is 12.7. The van der Waals surface area contributed by atoms with Gasteiger partial charge in [-0.15, -0.1) is 5.10 Å². The standard InChI is InChI=1S/C19H24ClN5O/c20-16-6-4-15(5-7-16)19(8-2-9-19)22-18(26)17-13-25(24-23-17)12-14-3-1-10-21-11-14/h4-7,13-14,21H,1-3,8-12H2,(H,22,26). The van der Waals surface area contributed by atoms with E-state index in [1.165, 1.54) is 12.8 Å². The molecule has 6 nitrogen and oxygen atoms in total. The maximum absolute atomic E-state index is 12.7. The Kier molecular flexibility index (Phi) is 4.96. The Hall–Kier alpha value is -1.92. The van der Waals surface area contributed by atoms with Gasteiger partial charge in [0.1, 0.15) is 0 Å². The van der Waals surface area contributed by atoms with Crippen molar-refractivity contribution < 1.29 is 4.79 Å². The minimum Gasteiger partial charge on any atom is -0.341 e. The van der Waals surface area contributed by atoms with E-state index in [0.29, 0.717) is 16.6 Å². The van der Waals surface area contributed by atoms with Crippen LogP contribution in [0.3, 0.4) is 0 Å². The van der Waals surface area contributed by atoms with Crippen LogP contribution >= 0.6 is 11.6 Å². The molecule has 1 saturated carbocycles. The molecule has 2 fully saturated rings. The maximum Gasteiger partial charge on any atom is 0.274 e. The number of amides is 1. The lowest BCUT2D eigenvalue weighted by molar-refractivity contribution is 0.0818. The summed E-state index contributed by atoms with van der Waals surface area (Å²) in [5.41, 5.74) is 1.18. The molecule has 1 amide bonds. The predicted octanol–water partition coefficient (Wildman–Crippen LogP) is 2.74. The smallest absolute Gasteiger partial charge is 0.274 e. The highest BCUT2D eigenvalue weighted by Gasteiger charge is 2.40. The number of nitrogens with one attached hydrogen (secondary N) is 2. The van der Waals surface area contributed by atoms with Crippen LogP contribution in [0, 0.1) is 5.92 Å². The molecule has 7 heteroatoms. The first kappa shape index (κ1) is 17.5. The van der Waals surface area contributed by atoms with Crippen molar-refractivity contribution in [3.8, 4) is 0 Å². The average Bonchev–Trinajstić information content (AvgIpc) is 3.08. The average molecular weight is 374 g/mol. The van der Waals surface area contributed by atoms with Crippen LogP contribution < -0.4 is 10.6 Å². The van der Waals surface area contributed by atoms with Gasteiger partial charge in [-0.05, 0) is 68.8 Å². The van der Waals surface area contributed by atoms with Crippen LogP contribution in [0.1, 0.15) is 48.2 Å². The molecule has 2 aliphatic rings. The highest BCUT2D eigenvalue weighted by Crippen LogP contribution is 2.41. The molecule has 1 aliphatic heterocycles.